The molecule has 0 atom stereocenters. The normalized spacial score (nSPS) is 13.7. The fourth-order valence-corrected chi connectivity index (χ4v) is 3.57. The maximum absolute atomic E-state index is 12.9. The number of aryl methyl sites for hydroxylation is 1. The molecule has 6 nitrogen and oxygen atoms in total. The van der Waals surface area contributed by atoms with E-state index in [0.717, 1.165) is 30.4 Å². The van der Waals surface area contributed by atoms with E-state index in [9.17, 15) is 4.79 Å². The highest BCUT2D eigenvalue weighted by atomic mass is 16.5. The summed E-state index contributed by atoms with van der Waals surface area (Å²) in [6.45, 7) is 4.27. The molecule has 0 aliphatic carbocycles. The van der Waals surface area contributed by atoms with Crippen LogP contribution in [0.2, 0.25) is 0 Å². The summed E-state index contributed by atoms with van der Waals surface area (Å²) >= 11 is 0. The molecule has 0 saturated carbocycles. The largest absolute Gasteiger partial charge is 0.457 e. The number of nitrogens with zero attached hydrogens (tertiary/aromatic N) is 3. The van der Waals surface area contributed by atoms with E-state index < -0.39 is 0 Å². The van der Waals surface area contributed by atoms with E-state index in [1.165, 1.54) is 19.3 Å². The van der Waals surface area contributed by atoms with E-state index in [1.807, 2.05) is 55.5 Å². The van der Waals surface area contributed by atoms with Gasteiger partial charge in [0.1, 0.15) is 11.5 Å². The highest BCUT2D eigenvalue weighted by molar-refractivity contribution is 5.96. The van der Waals surface area contributed by atoms with Gasteiger partial charge >= 0.3 is 0 Å². The predicted octanol–water partition coefficient (Wildman–Crippen LogP) is 4.50. The number of carbonyl (C=O) groups is 1. The molecule has 1 amide bonds. The molecule has 30 heavy (non-hydrogen) atoms. The van der Waals surface area contributed by atoms with Crippen molar-refractivity contribution in [3.63, 3.8) is 0 Å². The first-order valence-electron chi connectivity index (χ1n) is 10.4. The van der Waals surface area contributed by atoms with Crippen LogP contribution in [0.1, 0.15) is 41.0 Å². The van der Waals surface area contributed by atoms with Crippen LogP contribution in [0.5, 0.6) is 11.5 Å². The predicted molar refractivity (Wildman–Crippen MR) is 117 cm³/mol. The van der Waals surface area contributed by atoms with Gasteiger partial charge in [-0.25, -0.2) is 9.97 Å². The second-order valence-corrected chi connectivity index (χ2v) is 7.44. The maximum Gasteiger partial charge on any atom is 0.255 e. The number of anilines is 1. The lowest BCUT2D eigenvalue weighted by Crippen LogP contribution is -2.32. The lowest BCUT2D eigenvalue weighted by atomic mass is 10.1. The van der Waals surface area contributed by atoms with E-state index in [0.29, 0.717) is 23.6 Å². The molecule has 2 aromatic carbocycles. The molecule has 1 N–H and O–H groups in total. The Hall–Kier alpha value is -3.41. The van der Waals surface area contributed by atoms with Crippen LogP contribution in [-0.2, 0) is 6.54 Å². The van der Waals surface area contributed by atoms with Crippen molar-refractivity contribution in [2.24, 2.45) is 0 Å². The molecular weight excluding hydrogens is 376 g/mol. The molecule has 154 valence electrons. The summed E-state index contributed by atoms with van der Waals surface area (Å²) in [5.74, 6) is 1.77. The second-order valence-electron chi connectivity index (χ2n) is 7.44. The minimum Gasteiger partial charge on any atom is -0.457 e. The number of para-hydroxylation sites is 2. The van der Waals surface area contributed by atoms with Crippen molar-refractivity contribution in [1.29, 1.82) is 0 Å². The number of nitrogens with one attached hydrogen (secondary N) is 1. The summed E-state index contributed by atoms with van der Waals surface area (Å²) in [6.07, 6.45) is 3.60. The SMILES string of the molecule is Cc1cc(CNC(=O)c2ccccc2Oc2ccccc2)nc(N2CCCCC2)n1. The summed E-state index contributed by atoms with van der Waals surface area (Å²) in [5, 5.41) is 2.97. The van der Waals surface area contributed by atoms with Crippen molar-refractivity contribution in [3.8, 4) is 11.5 Å². The zero-order chi connectivity index (χ0) is 20.8. The van der Waals surface area contributed by atoms with Crippen LogP contribution in [0.25, 0.3) is 0 Å². The van der Waals surface area contributed by atoms with E-state index in [-0.39, 0.29) is 5.91 Å². The van der Waals surface area contributed by atoms with Gasteiger partial charge in [-0.05, 0) is 56.5 Å². The van der Waals surface area contributed by atoms with E-state index >= 15 is 0 Å². The minimum atomic E-state index is -0.197. The van der Waals surface area contributed by atoms with Crippen molar-refractivity contribution in [2.45, 2.75) is 32.7 Å². The Morgan fingerprint density at radius 1 is 1.00 bits per heavy atom. The standard InChI is InChI=1S/C24H26N4O2/c1-18-16-19(27-24(26-18)28-14-8-3-9-15-28)17-25-23(29)21-12-6-7-13-22(21)30-20-10-4-2-5-11-20/h2,4-7,10-13,16H,3,8-9,14-15,17H2,1H3,(H,25,29). The van der Waals surface area contributed by atoms with E-state index in [2.05, 4.69) is 20.2 Å². The number of rotatable bonds is 6. The molecule has 1 aromatic heterocycles. The third-order valence-electron chi connectivity index (χ3n) is 5.07. The average molecular weight is 402 g/mol. The number of benzene rings is 2. The molecule has 1 aliphatic heterocycles. The molecule has 0 unspecified atom stereocenters. The fourth-order valence-electron chi connectivity index (χ4n) is 3.57. The van der Waals surface area contributed by atoms with Crippen molar-refractivity contribution >= 4 is 11.9 Å². The first kappa shape index (κ1) is 19.9. The molecule has 0 radical (unpaired) electrons. The summed E-state index contributed by atoms with van der Waals surface area (Å²) in [4.78, 5) is 24.4. The molecule has 6 heteroatoms. The first-order valence-corrected chi connectivity index (χ1v) is 10.4. The summed E-state index contributed by atoms with van der Waals surface area (Å²) in [7, 11) is 0. The van der Waals surface area contributed by atoms with Gasteiger partial charge in [-0.3, -0.25) is 4.79 Å². The third kappa shape index (κ3) is 4.95. The van der Waals surface area contributed by atoms with Crippen LogP contribution in [0, 0.1) is 6.92 Å². The van der Waals surface area contributed by atoms with Crippen molar-refractivity contribution in [1.82, 2.24) is 15.3 Å². The van der Waals surface area contributed by atoms with Crippen LogP contribution in [0.4, 0.5) is 5.95 Å². The first-order chi connectivity index (χ1) is 14.7. The van der Waals surface area contributed by atoms with Gasteiger partial charge in [0.2, 0.25) is 5.95 Å². The summed E-state index contributed by atoms with van der Waals surface area (Å²) in [5.41, 5.74) is 2.20. The van der Waals surface area contributed by atoms with Crippen LogP contribution in [0.3, 0.4) is 0 Å². The maximum atomic E-state index is 12.9. The number of ether oxygens (including phenoxy) is 1. The number of carbonyl (C=O) groups excluding carboxylic acids is 1. The number of piperidine rings is 1. The van der Waals surface area contributed by atoms with Gasteiger partial charge in [0.05, 0.1) is 17.8 Å². The van der Waals surface area contributed by atoms with Gasteiger partial charge in [0.25, 0.3) is 5.91 Å². The zero-order valence-corrected chi connectivity index (χ0v) is 17.2. The second kappa shape index (κ2) is 9.39. The van der Waals surface area contributed by atoms with Crippen molar-refractivity contribution in [3.05, 3.63) is 77.6 Å². The Bertz CT molecular complexity index is 1000. The van der Waals surface area contributed by atoms with Gasteiger partial charge < -0.3 is 15.0 Å². The molecule has 0 bridgehead atoms. The molecular formula is C24H26N4O2. The number of hydrogen-bond acceptors (Lipinski definition) is 5. The number of amides is 1. The highest BCUT2D eigenvalue weighted by Gasteiger charge is 2.16. The Morgan fingerprint density at radius 3 is 2.53 bits per heavy atom. The third-order valence-corrected chi connectivity index (χ3v) is 5.07. The van der Waals surface area contributed by atoms with Gasteiger partial charge in [-0.2, -0.15) is 0 Å². The van der Waals surface area contributed by atoms with Crippen molar-refractivity contribution in [2.75, 3.05) is 18.0 Å². The lowest BCUT2D eigenvalue weighted by molar-refractivity contribution is 0.0948. The molecule has 3 aromatic rings. The number of aromatic nitrogens is 2. The zero-order valence-electron chi connectivity index (χ0n) is 17.2. The smallest absolute Gasteiger partial charge is 0.255 e. The van der Waals surface area contributed by atoms with Crippen LogP contribution in [0.15, 0.2) is 60.7 Å². The van der Waals surface area contributed by atoms with E-state index in [4.69, 9.17) is 4.74 Å². The fraction of sp³-hybridized carbons (Fsp3) is 0.292. The Kier molecular flexibility index (Phi) is 6.23. The summed E-state index contributed by atoms with van der Waals surface area (Å²) in [6, 6.07) is 18.6. The van der Waals surface area contributed by atoms with Gasteiger partial charge in [-0.15, -0.1) is 0 Å². The molecule has 0 spiro atoms. The van der Waals surface area contributed by atoms with Crippen LogP contribution >= 0.6 is 0 Å². The molecule has 1 fully saturated rings. The van der Waals surface area contributed by atoms with Crippen LogP contribution in [-0.4, -0.2) is 29.0 Å². The molecule has 4 rings (SSSR count). The van der Waals surface area contributed by atoms with Crippen molar-refractivity contribution < 1.29 is 9.53 Å². The Labute approximate surface area is 176 Å². The highest BCUT2D eigenvalue weighted by Crippen LogP contribution is 2.25. The van der Waals surface area contributed by atoms with Crippen LogP contribution < -0.4 is 15.0 Å². The Balaban J connectivity index is 1.46. The molecule has 2 heterocycles. The minimum absolute atomic E-state index is 0.197. The quantitative estimate of drug-likeness (QED) is 0.658. The average Bonchev–Trinajstić information content (AvgIpc) is 2.79. The topological polar surface area (TPSA) is 67.3 Å². The Morgan fingerprint density at radius 2 is 1.73 bits per heavy atom. The molecule has 1 aliphatic rings. The van der Waals surface area contributed by atoms with E-state index in [1.54, 1.807) is 12.1 Å². The lowest BCUT2D eigenvalue weighted by Gasteiger charge is -2.27. The number of hydrogen-bond donors (Lipinski definition) is 1. The van der Waals surface area contributed by atoms with Gasteiger partial charge in [0.15, 0.2) is 0 Å². The summed E-state index contributed by atoms with van der Waals surface area (Å²) < 4.78 is 5.91. The van der Waals surface area contributed by atoms with Gasteiger partial charge in [0, 0.05) is 18.8 Å². The monoisotopic (exact) mass is 402 g/mol. The molecule has 1 saturated heterocycles. The van der Waals surface area contributed by atoms with Gasteiger partial charge in [-0.1, -0.05) is 30.3 Å².